The van der Waals surface area contributed by atoms with Crippen molar-refractivity contribution in [2.24, 2.45) is 0 Å². The summed E-state index contributed by atoms with van der Waals surface area (Å²) in [5.74, 6) is -0.362. The van der Waals surface area contributed by atoms with E-state index in [4.69, 9.17) is 10.5 Å². The Morgan fingerprint density at radius 1 is 1.14 bits per heavy atom. The van der Waals surface area contributed by atoms with Gasteiger partial charge in [-0.15, -0.1) is 0 Å². The number of carbonyl (C=O) groups excluding carboxylic acids is 1. The molecule has 0 fully saturated rings. The number of aryl methyl sites for hydroxylation is 2. The number of carbonyl (C=O) groups is 1. The van der Waals surface area contributed by atoms with Gasteiger partial charge in [0.1, 0.15) is 6.61 Å². The second-order valence-electron chi connectivity index (χ2n) is 5.16. The number of esters is 1. The molecule has 0 saturated heterocycles. The summed E-state index contributed by atoms with van der Waals surface area (Å²) < 4.78 is 6.15. The molecule has 2 aromatic rings. The monoisotopic (exact) mass is 347 g/mol. The van der Waals surface area contributed by atoms with Gasteiger partial charge >= 0.3 is 5.97 Å². The predicted octanol–water partition coefficient (Wildman–Crippen LogP) is 4.31. The molecule has 2 rings (SSSR count). The number of anilines is 1. The van der Waals surface area contributed by atoms with Crippen LogP contribution < -0.4 is 5.73 Å². The topological polar surface area (TPSA) is 52.3 Å². The van der Waals surface area contributed by atoms with E-state index in [2.05, 4.69) is 22.9 Å². The van der Waals surface area contributed by atoms with Gasteiger partial charge in [0, 0.05) is 10.2 Å². The fourth-order valence-corrected chi connectivity index (χ4v) is 2.51. The number of hydrogen-bond donors (Lipinski definition) is 1. The number of nitrogens with two attached hydrogens (primary N) is 1. The van der Waals surface area contributed by atoms with Gasteiger partial charge in [0.2, 0.25) is 0 Å². The minimum absolute atomic E-state index is 0.256. The molecule has 2 N–H and O–H groups in total. The van der Waals surface area contributed by atoms with Crippen molar-refractivity contribution in [3.63, 3.8) is 0 Å². The maximum atomic E-state index is 12.2. The van der Waals surface area contributed by atoms with Crippen LogP contribution in [0.25, 0.3) is 0 Å². The smallest absolute Gasteiger partial charge is 0.338 e. The minimum Gasteiger partial charge on any atom is -0.457 e. The highest BCUT2D eigenvalue weighted by Gasteiger charge is 2.14. The minimum atomic E-state index is -0.362. The largest absolute Gasteiger partial charge is 0.457 e. The second kappa shape index (κ2) is 6.31. The van der Waals surface area contributed by atoms with Gasteiger partial charge in [-0.1, -0.05) is 34.1 Å². The predicted molar refractivity (Wildman–Crippen MR) is 88.3 cm³/mol. The van der Waals surface area contributed by atoms with Crippen molar-refractivity contribution in [3.8, 4) is 0 Å². The van der Waals surface area contributed by atoms with Crippen LogP contribution in [-0.4, -0.2) is 5.97 Å². The molecule has 0 aliphatic carbocycles. The van der Waals surface area contributed by atoms with Crippen molar-refractivity contribution in [2.45, 2.75) is 27.4 Å². The molecular formula is C17H18BrNO2. The lowest BCUT2D eigenvalue weighted by atomic mass is 10.1. The van der Waals surface area contributed by atoms with Gasteiger partial charge in [0.05, 0.1) is 5.56 Å². The first-order valence-corrected chi connectivity index (χ1v) is 7.46. The molecule has 4 heteroatoms. The SMILES string of the molecule is Cc1ccc(COC(=O)c2cc(Br)cc(N)c2C)cc1C. The number of hydrogen-bond acceptors (Lipinski definition) is 3. The highest BCUT2D eigenvalue weighted by Crippen LogP contribution is 2.23. The van der Waals surface area contributed by atoms with Crippen LogP contribution in [0.1, 0.15) is 32.6 Å². The summed E-state index contributed by atoms with van der Waals surface area (Å²) in [6, 6.07) is 9.53. The maximum Gasteiger partial charge on any atom is 0.338 e. The molecule has 0 aliphatic heterocycles. The highest BCUT2D eigenvalue weighted by molar-refractivity contribution is 9.10. The van der Waals surface area contributed by atoms with Gasteiger partial charge in [0.25, 0.3) is 0 Å². The lowest BCUT2D eigenvalue weighted by Gasteiger charge is -2.10. The molecule has 0 bridgehead atoms. The Bertz CT molecular complexity index is 695. The molecule has 2 aromatic carbocycles. The van der Waals surface area contributed by atoms with Crippen molar-refractivity contribution in [3.05, 3.63) is 62.6 Å². The number of benzene rings is 2. The lowest BCUT2D eigenvalue weighted by Crippen LogP contribution is -2.09. The van der Waals surface area contributed by atoms with Crippen molar-refractivity contribution in [1.82, 2.24) is 0 Å². The Morgan fingerprint density at radius 2 is 1.86 bits per heavy atom. The van der Waals surface area contributed by atoms with Crippen molar-refractivity contribution in [2.75, 3.05) is 5.73 Å². The third-order valence-corrected chi connectivity index (χ3v) is 4.03. The Kier molecular flexibility index (Phi) is 4.68. The van der Waals surface area contributed by atoms with Crippen molar-refractivity contribution in [1.29, 1.82) is 0 Å². The van der Waals surface area contributed by atoms with E-state index in [0.29, 0.717) is 11.3 Å². The molecule has 0 aliphatic rings. The first-order valence-electron chi connectivity index (χ1n) is 6.67. The normalized spacial score (nSPS) is 10.5. The van der Waals surface area contributed by atoms with Crippen LogP contribution in [0.4, 0.5) is 5.69 Å². The molecule has 0 amide bonds. The quantitative estimate of drug-likeness (QED) is 0.664. The van der Waals surface area contributed by atoms with Gasteiger partial charge in [-0.2, -0.15) is 0 Å². The van der Waals surface area contributed by atoms with Gasteiger partial charge in [-0.3, -0.25) is 0 Å². The average Bonchev–Trinajstić information content (AvgIpc) is 2.43. The van der Waals surface area contributed by atoms with E-state index >= 15 is 0 Å². The van der Waals surface area contributed by atoms with E-state index in [-0.39, 0.29) is 12.6 Å². The van der Waals surface area contributed by atoms with Gasteiger partial charge in [-0.05, 0) is 55.2 Å². The molecule has 21 heavy (non-hydrogen) atoms. The van der Waals surface area contributed by atoms with E-state index in [1.807, 2.05) is 32.0 Å². The average molecular weight is 348 g/mol. The first kappa shape index (κ1) is 15.6. The van der Waals surface area contributed by atoms with Crippen LogP contribution in [0.5, 0.6) is 0 Å². The summed E-state index contributed by atoms with van der Waals surface area (Å²) in [5, 5.41) is 0. The number of rotatable bonds is 3. The molecule has 0 unspecified atom stereocenters. The van der Waals surface area contributed by atoms with Gasteiger partial charge in [-0.25, -0.2) is 4.79 Å². The van der Waals surface area contributed by atoms with Crippen molar-refractivity contribution >= 4 is 27.6 Å². The molecule has 3 nitrogen and oxygen atoms in total. The van der Waals surface area contributed by atoms with Crippen LogP contribution in [0, 0.1) is 20.8 Å². The Morgan fingerprint density at radius 3 is 2.52 bits per heavy atom. The third kappa shape index (κ3) is 3.64. The summed E-state index contributed by atoms with van der Waals surface area (Å²) >= 11 is 3.34. The Labute approximate surface area is 133 Å². The zero-order chi connectivity index (χ0) is 15.6. The molecule has 0 atom stereocenters. The standard InChI is InChI=1S/C17H18BrNO2/c1-10-4-5-13(6-11(10)2)9-21-17(20)15-7-14(18)8-16(19)12(15)3/h4-8H,9,19H2,1-3H3. The summed E-state index contributed by atoms with van der Waals surface area (Å²) in [4.78, 5) is 12.2. The maximum absolute atomic E-state index is 12.2. The summed E-state index contributed by atoms with van der Waals surface area (Å²) in [6.45, 7) is 6.17. The molecule has 0 aromatic heterocycles. The second-order valence-corrected chi connectivity index (χ2v) is 6.08. The fourth-order valence-electron chi connectivity index (χ4n) is 2.03. The number of ether oxygens (including phenoxy) is 1. The van der Waals surface area contributed by atoms with Crippen LogP contribution in [0.3, 0.4) is 0 Å². The fraction of sp³-hybridized carbons (Fsp3) is 0.235. The highest BCUT2D eigenvalue weighted by atomic mass is 79.9. The Hall–Kier alpha value is -1.81. The van der Waals surface area contributed by atoms with E-state index in [1.54, 1.807) is 12.1 Å². The molecule has 0 heterocycles. The van der Waals surface area contributed by atoms with Crippen LogP contribution in [-0.2, 0) is 11.3 Å². The summed E-state index contributed by atoms with van der Waals surface area (Å²) in [7, 11) is 0. The molecular weight excluding hydrogens is 330 g/mol. The zero-order valence-electron chi connectivity index (χ0n) is 12.4. The summed E-state index contributed by atoms with van der Waals surface area (Å²) in [5.41, 5.74) is 11.1. The van der Waals surface area contributed by atoms with E-state index in [1.165, 1.54) is 11.1 Å². The molecule has 0 saturated carbocycles. The third-order valence-electron chi connectivity index (χ3n) is 3.57. The van der Waals surface area contributed by atoms with Crippen LogP contribution in [0.2, 0.25) is 0 Å². The van der Waals surface area contributed by atoms with Gasteiger partial charge in [0.15, 0.2) is 0 Å². The molecule has 110 valence electrons. The van der Waals surface area contributed by atoms with E-state index in [0.717, 1.165) is 15.6 Å². The number of halogens is 1. The van der Waals surface area contributed by atoms with Crippen LogP contribution in [0.15, 0.2) is 34.8 Å². The summed E-state index contributed by atoms with van der Waals surface area (Å²) in [6.07, 6.45) is 0. The molecule has 0 spiro atoms. The van der Waals surface area contributed by atoms with E-state index < -0.39 is 0 Å². The molecule has 0 radical (unpaired) electrons. The number of nitrogen functional groups attached to an aromatic ring is 1. The lowest BCUT2D eigenvalue weighted by molar-refractivity contribution is 0.0472. The first-order chi connectivity index (χ1) is 9.88. The van der Waals surface area contributed by atoms with E-state index in [9.17, 15) is 4.79 Å². The van der Waals surface area contributed by atoms with Crippen LogP contribution >= 0.6 is 15.9 Å². The Balaban J connectivity index is 2.13. The van der Waals surface area contributed by atoms with Crippen molar-refractivity contribution < 1.29 is 9.53 Å². The van der Waals surface area contributed by atoms with Gasteiger partial charge < -0.3 is 10.5 Å². The zero-order valence-corrected chi connectivity index (χ0v) is 14.0.